The molecule has 0 saturated carbocycles. The monoisotopic (exact) mass is 434 g/mol. The Bertz CT molecular complexity index is 776. The predicted octanol–water partition coefficient (Wildman–Crippen LogP) is 4.69. The van der Waals surface area contributed by atoms with E-state index in [-0.39, 0.29) is 11.8 Å². The SMILES string of the molecule is COc1ccc(NC(=O)N(C(=O)C(Br)C(C)C)c2ccc(OC)cc2)cc1. The lowest BCUT2D eigenvalue weighted by Crippen LogP contribution is -2.45. The largest absolute Gasteiger partial charge is 0.497 e. The van der Waals surface area contributed by atoms with Gasteiger partial charge >= 0.3 is 6.03 Å². The van der Waals surface area contributed by atoms with Crippen molar-refractivity contribution in [1.82, 2.24) is 0 Å². The van der Waals surface area contributed by atoms with Crippen LogP contribution in [0.1, 0.15) is 13.8 Å². The van der Waals surface area contributed by atoms with E-state index in [1.165, 1.54) is 0 Å². The topological polar surface area (TPSA) is 67.9 Å². The Morgan fingerprint density at radius 1 is 0.926 bits per heavy atom. The zero-order chi connectivity index (χ0) is 20.0. The van der Waals surface area contributed by atoms with Gasteiger partial charge in [-0.1, -0.05) is 29.8 Å². The van der Waals surface area contributed by atoms with Crippen LogP contribution in [0.2, 0.25) is 0 Å². The van der Waals surface area contributed by atoms with E-state index in [0.717, 1.165) is 4.90 Å². The van der Waals surface area contributed by atoms with Gasteiger partial charge in [0.25, 0.3) is 0 Å². The number of hydrogen-bond donors (Lipinski definition) is 1. The third-order valence-corrected chi connectivity index (χ3v) is 5.37. The van der Waals surface area contributed by atoms with Gasteiger partial charge in [-0.3, -0.25) is 4.79 Å². The molecule has 144 valence electrons. The molecule has 2 aromatic rings. The first-order valence-electron chi connectivity index (χ1n) is 8.44. The molecule has 1 N–H and O–H groups in total. The fraction of sp³-hybridized carbons (Fsp3) is 0.300. The molecule has 0 spiro atoms. The third-order valence-electron chi connectivity index (χ3n) is 3.92. The fourth-order valence-corrected chi connectivity index (χ4v) is 2.54. The molecule has 7 heteroatoms. The quantitative estimate of drug-likeness (QED) is 0.669. The summed E-state index contributed by atoms with van der Waals surface area (Å²) in [6, 6.07) is 13.1. The van der Waals surface area contributed by atoms with Crippen LogP contribution < -0.4 is 19.7 Å². The molecule has 0 fully saturated rings. The van der Waals surface area contributed by atoms with Crippen molar-refractivity contribution >= 4 is 39.2 Å². The average molecular weight is 435 g/mol. The second-order valence-electron chi connectivity index (χ2n) is 6.18. The van der Waals surface area contributed by atoms with Crippen molar-refractivity contribution < 1.29 is 19.1 Å². The molecule has 0 aliphatic carbocycles. The van der Waals surface area contributed by atoms with Gasteiger partial charge in [0.1, 0.15) is 11.5 Å². The van der Waals surface area contributed by atoms with Gasteiger partial charge in [-0.2, -0.15) is 0 Å². The lowest BCUT2D eigenvalue weighted by molar-refractivity contribution is -0.117. The second-order valence-corrected chi connectivity index (χ2v) is 7.16. The number of hydrogen-bond acceptors (Lipinski definition) is 4. The smallest absolute Gasteiger partial charge is 0.333 e. The van der Waals surface area contributed by atoms with Crippen LogP contribution in [0.25, 0.3) is 0 Å². The van der Waals surface area contributed by atoms with Crippen molar-refractivity contribution in [1.29, 1.82) is 0 Å². The Balaban J connectivity index is 2.31. The van der Waals surface area contributed by atoms with E-state index < -0.39 is 10.9 Å². The van der Waals surface area contributed by atoms with E-state index in [9.17, 15) is 9.59 Å². The van der Waals surface area contributed by atoms with E-state index in [0.29, 0.717) is 22.9 Å². The first kappa shape index (κ1) is 20.8. The van der Waals surface area contributed by atoms with Crippen LogP contribution in [0.4, 0.5) is 16.2 Å². The summed E-state index contributed by atoms with van der Waals surface area (Å²) in [4.78, 5) is 26.5. The highest BCUT2D eigenvalue weighted by Gasteiger charge is 2.30. The zero-order valence-electron chi connectivity index (χ0n) is 15.7. The molecular formula is C20H23BrN2O4. The summed E-state index contributed by atoms with van der Waals surface area (Å²) in [7, 11) is 3.13. The van der Waals surface area contributed by atoms with Crippen LogP contribution in [0.15, 0.2) is 48.5 Å². The first-order chi connectivity index (χ1) is 12.9. The standard InChI is InChI=1S/C20H23BrN2O4/c1-13(2)18(21)19(24)23(15-7-11-17(27-4)12-8-15)20(25)22-14-5-9-16(26-3)10-6-14/h5-13,18H,1-4H3,(H,22,25). The van der Waals surface area contributed by atoms with Crippen molar-refractivity contribution in [2.24, 2.45) is 5.92 Å². The zero-order valence-corrected chi connectivity index (χ0v) is 17.3. The highest BCUT2D eigenvalue weighted by molar-refractivity contribution is 9.10. The van der Waals surface area contributed by atoms with Gasteiger partial charge in [-0.05, 0) is 54.4 Å². The maximum atomic E-state index is 12.9. The molecule has 2 aromatic carbocycles. The van der Waals surface area contributed by atoms with Gasteiger partial charge in [-0.25, -0.2) is 9.69 Å². The van der Waals surface area contributed by atoms with Crippen molar-refractivity contribution in [2.45, 2.75) is 18.7 Å². The van der Waals surface area contributed by atoms with Crippen LogP contribution in [0.5, 0.6) is 11.5 Å². The van der Waals surface area contributed by atoms with Crippen LogP contribution in [0.3, 0.4) is 0 Å². The first-order valence-corrected chi connectivity index (χ1v) is 9.36. The van der Waals surface area contributed by atoms with Gasteiger partial charge in [0.2, 0.25) is 5.91 Å². The van der Waals surface area contributed by atoms with Crippen LogP contribution >= 0.6 is 15.9 Å². The highest BCUT2D eigenvalue weighted by atomic mass is 79.9. The number of rotatable bonds is 6. The molecule has 1 unspecified atom stereocenters. The lowest BCUT2D eigenvalue weighted by Gasteiger charge is -2.25. The molecule has 1 atom stereocenters. The Hall–Kier alpha value is -2.54. The maximum absolute atomic E-state index is 12.9. The van der Waals surface area contributed by atoms with E-state index in [4.69, 9.17) is 9.47 Å². The summed E-state index contributed by atoms with van der Waals surface area (Å²) in [6.07, 6.45) is 0. The van der Waals surface area contributed by atoms with E-state index in [2.05, 4.69) is 21.2 Å². The molecule has 6 nitrogen and oxygen atoms in total. The third kappa shape index (κ3) is 5.23. The Morgan fingerprint density at radius 3 is 1.85 bits per heavy atom. The summed E-state index contributed by atoms with van der Waals surface area (Å²) in [5.41, 5.74) is 1.01. The van der Waals surface area contributed by atoms with Crippen LogP contribution in [-0.4, -0.2) is 31.0 Å². The van der Waals surface area contributed by atoms with Crippen molar-refractivity contribution in [2.75, 3.05) is 24.4 Å². The van der Waals surface area contributed by atoms with E-state index >= 15 is 0 Å². The number of halogens is 1. The minimum absolute atomic E-state index is 0.0204. The van der Waals surface area contributed by atoms with E-state index in [1.54, 1.807) is 62.8 Å². The van der Waals surface area contributed by atoms with Crippen LogP contribution in [-0.2, 0) is 4.79 Å². The molecule has 27 heavy (non-hydrogen) atoms. The molecule has 0 radical (unpaired) electrons. The number of ether oxygens (including phenoxy) is 2. The summed E-state index contributed by atoms with van der Waals surface area (Å²) < 4.78 is 10.3. The molecular weight excluding hydrogens is 412 g/mol. The number of nitrogens with one attached hydrogen (secondary N) is 1. The minimum atomic E-state index is -0.541. The number of carbonyl (C=O) groups is 2. The summed E-state index contributed by atoms with van der Waals surface area (Å²) >= 11 is 3.39. The molecule has 0 aromatic heterocycles. The molecule has 0 saturated heterocycles. The Kier molecular flexibility index (Phi) is 7.24. The molecule has 0 aliphatic heterocycles. The van der Waals surface area contributed by atoms with Gasteiger partial charge in [0.05, 0.1) is 24.7 Å². The number of alkyl halides is 1. The summed E-state index contributed by atoms with van der Waals surface area (Å²) in [6.45, 7) is 3.82. The Labute approximate surface area is 167 Å². The lowest BCUT2D eigenvalue weighted by atomic mass is 10.1. The summed E-state index contributed by atoms with van der Waals surface area (Å²) in [5.74, 6) is 0.991. The van der Waals surface area contributed by atoms with Gasteiger partial charge < -0.3 is 14.8 Å². The van der Waals surface area contributed by atoms with Gasteiger partial charge in [0.15, 0.2) is 0 Å². The van der Waals surface area contributed by atoms with Crippen molar-refractivity contribution in [3.8, 4) is 11.5 Å². The molecule has 3 amide bonds. The number of amides is 3. The predicted molar refractivity (Wildman–Crippen MR) is 110 cm³/mol. The van der Waals surface area contributed by atoms with E-state index in [1.807, 2.05) is 13.8 Å². The number of benzene rings is 2. The van der Waals surface area contributed by atoms with Crippen LogP contribution in [0, 0.1) is 5.92 Å². The highest BCUT2D eigenvalue weighted by Crippen LogP contribution is 2.25. The molecule has 0 aliphatic rings. The number of nitrogens with zero attached hydrogens (tertiary/aromatic N) is 1. The Morgan fingerprint density at radius 2 is 1.41 bits per heavy atom. The molecule has 0 heterocycles. The minimum Gasteiger partial charge on any atom is -0.497 e. The van der Waals surface area contributed by atoms with Gasteiger partial charge in [0, 0.05) is 5.69 Å². The molecule has 2 rings (SSSR count). The summed E-state index contributed by atoms with van der Waals surface area (Å²) in [5, 5.41) is 2.75. The normalized spacial score (nSPS) is 11.6. The van der Waals surface area contributed by atoms with Crippen molar-refractivity contribution in [3.05, 3.63) is 48.5 Å². The number of carbonyl (C=O) groups excluding carboxylic acids is 2. The maximum Gasteiger partial charge on any atom is 0.333 e. The van der Waals surface area contributed by atoms with Gasteiger partial charge in [-0.15, -0.1) is 0 Å². The van der Waals surface area contributed by atoms with Crippen molar-refractivity contribution in [3.63, 3.8) is 0 Å². The second kappa shape index (κ2) is 9.41. The number of imide groups is 1. The average Bonchev–Trinajstić information content (AvgIpc) is 2.68. The fourth-order valence-electron chi connectivity index (χ4n) is 2.34. The number of urea groups is 1. The number of anilines is 2. The number of methoxy groups -OCH3 is 2. The molecule has 0 bridgehead atoms.